The van der Waals surface area contributed by atoms with Crippen LogP contribution in [0.5, 0.6) is 0 Å². The average Bonchev–Trinajstić information content (AvgIpc) is 2.40. The summed E-state index contributed by atoms with van der Waals surface area (Å²) in [7, 11) is 0. The van der Waals surface area contributed by atoms with Gasteiger partial charge in [-0.25, -0.2) is 0 Å². The maximum absolute atomic E-state index is 9.53. The Labute approximate surface area is 127 Å². The minimum Gasteiger partial charge on any atom is -0.396 e. The number of aliphatic hydroxyl groups excluding tert-OH is 1. The van der Waals surface area contributed by atoms with Crippen LogP contribution >= 0.6 is 27.5 Å². The van der Waals surface area contributed by atoms with Crippen LogP contribution in [0.15, 0.2) is 53.0 Å². The van der Waals surface area contributed by atoms with E-state index in [1.807, 2.05) is 30.3 Å². The van der Waals surface area contributed by atoms with E-state index in [1.54, 1.807) is 0 Å². The lowest BCUT2D eigenvalue weighted by molar-refractivity contribution is 0.225. The molecule has 0 spiro atoms. The molecule has 0 radical (unpaired) electrons. The maximum atomic E-state index is 9.53. The highest BCUT2D eigenvalue weighted by Gasteiger charge is 2.10. The molecule has 0 saturated heterocycles. The van der Waals surface area contributed by atoms with E-state index < -0.39 is 0 Å². The van der Waals surface area contributed by atoms with Gasteiger partial charge in [0.1, 0.15) is 0 Å². The van der Waals surface area contributed by atoms with E-state index in [4.69, 9.17) is 11.6 Å². The second-order valence-corrected chi connectivity index (χ2v) is 6.07. The van der Waals surface area contributed by atoms with E-state index in [0.717, 1.165) is 22.3 Å². The summed E-state index contributed by atoms with van der Waals surface area (Å²) in [6.07, 6.45) is 1.71. The van der Waals surface area contributed by atoms with Crippen molar-refractivity contribution >= 4 is 27.5 Å². The Kier molecular flexibility index (Phi) is 5.44. The zero-order valence-corrected chi connectivity index (χ0v) is 12.9. The fourth-order valence-corrected chi connectivity index (χ4v) is 2.63. The molecular formula is C16H16BrClO. The third kappa shape index (κ3) is 4.64. The van der Waals surface area contributed by atoms with Gasteiger partial charge in [-0.05, 0) is 54.2 Å². The zero-order chi connectivity index (χ0) is 13.7. The number of hydrogen-bond donors (Lipinski definition) is 1. The molecule has 1 N–H and O–H groups in total. The Morgan fingerprint density at radius 3 is 2.32 bits per heavy atom. The third-order valence-electron chi connectivity index (χ3n) is 3.11. The van der Waals surface area contributed by atoms with Crippen molar-refractivity contribution in [3.63, 3.8) is 0 Å². The molecule has 0 aromatic heterocycles. The smallest absolute Gasteiger partial charge is 0.0465 e. The van der Waals surface area contributed by atoms with Gasteiger partial charge in [-0.3, -0.25) is 0 Å². The number of aliphatic hydroxyl groups is 1. The van der Waals surface area contributed by atoms with Crippen molar-refractivity contribution in [1.82, 2.24) is 0 Å². The topological polar surface area (TPSA) is 20.2 Å². The molecule has 1 unspecified atom stereocenters. The number of rotatable bonds is 5. The number of halogens is 2. The molecule has 3 heteroatoms. The van der Waals surface area contributed by atoms with Gasteiger partial charge in [0.05, 0.1) is 0 Å². The lowest BCUT2D eigenvalue weighted by Gasteiger charge is -2.14. The first-order valence-electron chi connectivity index (χ1n) is 6.27. The van der Waals surface area contributed by atoms with Crippen LogP contribution in [-0.2, 0) is 12.8 Å². The molecule has 2 aromatic carbocycles. The quantitative estimate of drug-likeness (QED) is 0.850. The van der Waals surface area contributed by atoms with Crippen molar-refractivity contribution in [2.75, 3.05) is 6.61 Å². The Bertz CT molecular complexity index is 525. The summed E-state index contributed by atoms with van der Waals surface area (Å²) >= 11 is 9.41. The van der Waals surface area contributed by atoms with Crippen molar-refractivity contribution in [3.8, 4) is 0 Å². The van der Waals surface area contributed by atoms with E-state index in [2.05, 4.69) is 34.1 Å². The molecule has 0 aliphatic carbocycles. The molecule has 0 aliphatic rings. The van der Waals surface area contributed by atoms with Gasteiger partial charge in [0, 0.05) is 16.1 Å². The van der Waals surface area contributed by atoms with Crippen molar-refractivity contribution in [1.29, 1.82) is 0 Å². The van der Waals surface area contributed by atoms with Gasteiger partial charge in [0.15, 0.2) is 0 Å². The van der Waals surface area contributed by atoms with Gasteiger partial charge in [0.2, 0.25) is 0 Å². The van der Waals surface area contributed by atoms with Crippen LogP contribution in [0.1, 0.15) is 11.1 Å². The summed E-state index contributed by atoms with van der Waals surface area (Å²) < 4.78 is 1.08. The van der Waals surface area contributed by atoms with E-state index in [-0.39, 0.29) is 12.5 Å². The molecule has 19 heavy (non-hydrogen) atoms. The lowest BCUT2D eigenvalue weighted by atomic mass is 9.93. The van der Waals surface area contributed by atoms with Gasteiger partial charge in [-0.1, -0.05) is 51.8 Å². The highest BCUT2D eigenvalue weighted by Crippen LogP contribution is 2.19. The van der Waals surface area contributed by atoms with Crippen molar-refractivity contribution in [3.05, 3.63) is 69.2 Å². The summed E-state index contributed by atoms with van der Waals surface area (Å²) in [6.45, 7) is 0.183. The highest BCUT2D eigenvalue weighted by molar-refractivity contribution is 9.10. The standard InChI is InChI=1S/C16H16BrClO/c17-15-6-4-12(5-7-15)8-14(11-19)9-13-2-1-3-16(18)10-13/h1-7,10,14,19H,8-9,11H2. The minimum absolute atomic E-state index is 0.183. The van der Waals surface area contributed by atoms with E-state index in [9.17, 15) is 5.11 Å². The van der Waals surface area contributed by atoms with Crippen molar-refractivity contribution < 1.29 is 5.11 Å². The van der Waals surface area contributed by atoms with Gasteiger partial charge in [-0.2, -0.15) is 0 Å². The predicted molar refractivity (Wildman–Crippen MR) is 83.6 cm³/mol. The van der Waals surface area contributed by atoms with Gasteiger partial charge < -0.3 is 5.11 Å². The summed E-state index contributed by atoms with van der Waals surface area (Å²) in [5.74, 6) is 0.222. The Morgan fingerprint density at radius 2 is 1.68 bits per heavy atom. The summed E-state index contributed by atoms with van der Waals surface area (Å²) in [5, 5.41) is 10.3. The first-order chi connectivity index (χ1) is 9.17. The van der Waals surface area contributed by atoms with Gasteiger partial charge >= 0.3 is 0 Å². The molecule has 0 fully saturated rings. The average molecular weight is 340 g/mol. The third-order valence-corrected chi connectivity index (χ3v) is 3.87. The number of hydrogen-bond acceptors (Lipinski definition) is 1. The van der Waals surface area contributed by atoms with E-state index in [1.165, 1.54) is 11.1 Å². The highest BCUT2D eigenvalue weighted by atomic mass is 79.9. The van der Waals surface area contributed by atoms with Crippen LogP contribution in [0.3, 0.4) is 0 Å². The first-order valence-corrected chi connectivity index (χ1v) is 7.44. The monoisotopic (exact) mass is 338 g/mol. The fourth-order valence-electron chi connectivity index (χ4n) is 2.15. The second kappa shape index (κ2) is 7.09. The Morgan fingerprint density at radius 1 is 1.00 bits per heavy atom. The second-order valence-electron chi connectivity index (χ2n) is 4.71. The van der Waals surface area contributed by atoms with Crippen LogP contribution in [-0.4, -0.2) is 11.7 Å². The minimum atomic E-state index is 0.183. The van der Waals surface area contributed by atoms with Crippen LogP contribution in [0.4, 0.5) is 0 Å². The predicted octanol–water partition coefficient (Wildman–Crippen LogP) is 4.50. The summed E-state index contributed by atoms with van der Waals surface area (Å²) in [5.41, 5.74) is 2.41. The molecule has 2 rings (SSSR count). The van der Waals surface area contributed by atoms with Crippen molar-refractivity contribution in [2.24, 2.45) is 5.92 Å². The largest absolute Gasteiger partial charge is 0.396 e. The zero-order valence-electron chi connectivity index (χ0n) is 10.5. The van der Waals surface area contributed by atoms with Crippen LogP contribution in [0, 0.1) is 5.92 Å². The van der Waals surface area contributed by atoms with Crippen LogP contribution in [0.2, 0.25) is 5.02 Å². The number of benzene rings is 2. The fraction of sp³-hybridized carbons (Fsp3) is 0.250. The molecule has 0 aliphatic heterocycles. The van der Waals surface area contributed by atoms with E-state index in [0.29, 0.717) is 0 Å². The maximum Gasteiger partial charge on any atom is 0.0465 e. The lowest BCUT2D eigenvalue weighted by Crippen LogP contribution is -2.12. The summed E-state index contributed by atoms with van der Waals surface area (Å²) in [4.78, 5) is 0. The molecule has 0 bridgehead atoms. The molecule has 0 saturated carbocycles. The van der Waals surface area contributed by atoms with Gasteiger partial charge in [0.25, 0.3) is 0 Å². The molecular weight excluding hydrogens is 324 g/mol. The first kappa shape index (κ1) is 14.6. The Balaban J connectivity index is 2.02. The van der Waals surface area contributed by atoms with Gasteiger partial charge in [-0.15, -0.1) is 0 Å². The van der Waals surface area contributed by atoms with Crippen molar-refractivity contribution in [2.45, 2.75) is 12.8 Å². The normalized spacial score (nSPS) is 12.4. The van der Waals surface area contributed by atoms with E-state index >= 15 is 0 Å². The van der Waals surface area contributed by atoms with Crippen LogP contribution < -0.4 is 0 Å². The Hall–Kier alpha value is -0.830. The molecule has 1 nitrogen and oxygen atoms in total. The SMILES string of the molecule is OCC(Cc1ccc(Br)cc1)Cc1cccc(Cl)c1. The molecule has 0 heterocycles. The molecule has 0 amide bonds. The van der Waals surface area contributed by atoms with Crippen LogP contribution in [0.25, 0.3) is 0 Å². The molecule has 100 valence electrons. The molecule has 2 aromatic rings. The summed E-state index contributed by atoms with van der Waals surface area (Å²) in [6, 6.07) is 16.1. The molecule has 1 atom stereocenters.